The van der Waals surface area contributed by atoms with E-state index < -0.39 is 0 Å². The van der Waals surface area contributed by atoms with Crippen molar-refractivity contribution in [2.75, 3.05) is 6.61 Å². The molecule has 0 aliphatic carbocycles. The summed E-state index contributed by atoms with van der Waals surface area (Å²) in [4.78, 5) is 0. The van der Waals surface area contributed by atoms with Crippen LogP contribution in [-0.4, -0.2) is 23.9 Å². The summed E-state index contributed by atoms with van der Waals surface area (Å²) < 4.78 is 5.42. The second kappa shape index (κ2) is 12.6. The molecule has 20 heavy (non-hydrogen) atoms. The van der Waals surface area contributed by atoms with Gasteiger partial charge in [-0.15, -0.1) is 0 Å². The highest BCUT2D eigenvalue weighted by atomic mass is 16.5. The van der Waals surface area contributed by atoms with Crippen molar-refractivity contribution in [3.8, 4) is 0 Å². The number of aliphatic hydroxyl groups is 1. The van der Waals surface area contributed by atoms with Crippen molar-refractivity contribution in [3.05, 3.63) is 0 Å². The summed E-state index contributed by atoms with van der Waals surface area (Å²) >= 11 is 0. The molecule has 1 heterocycles. The van der Waals surface area contributed by atoms with Crippen molar-refractivity contribution in [3.63, 3.8) is 0 Å². The van der Waals surface area contributed by atoms with Crippen LogP contribution in [0, 0.1) is 0 Å². The van der Waals surface area contributed by atoms with Gasteiger partial charge in [0.1, 0.15) is 0 Å². The Bertz CT molecular complexity index is 202. The predicted octanol–water partition coefficient (Wildman–Crippen LogP) is 5.23. The van der Waals surface area contributed by atoms with Crippen molar-refractivity contribution in [2.24, 2.45) is 0 Å². The fourth-order valence-corrected chi connectivity index (χ4v) is 2.92. The van der Waals surface area contributed by atoms with E-state index in [1.165, 1.54) is 77.0 Å². The van der Waals surface area contributed by atoms with E-state index in [2.05, 4.69) is 6.92 Å². The van der Waals surface area contributed by atoms with E-state index in [1.54, 1.807) is 0 Å². The fourth-order valence-electron chi connectivity index (χ4n) is 2.92. The Morgan fingerprint density at radius 2 is 1.45 bits per heavy atom. The van der Waals surface area contributed by atoms with Crippen molar-refractivity contribution < 1.29 is 9.84 Å². The minimum atomic E-state index is -0.0392. The molecule has 0 saturated carbocycles. The van der Waals surface area contributed by atoms with Gasteiger partial charge in [-0.2, -0.15) is 0 Å². The third-order valence-corrected chi connectivity index (χ3v) is 4.50. The van der Waals surface area contributed by atoms with Crippen LogP contribution in [0.4, 0.5) is 0 Å². The number of rotatable bonds is 14. The van der Waals surface area contributed by atoms with Gasteiger partial charge in [-0.05, 0) is 25.7 Å². The molecule has 0 aromatic heterocycles. The van der Waals surface area contributed by atoms with Gasteiger partial charge in [0.05, 0.1) is 12.2 Å². The zero-order chi connectivity index (χ0) is 14.5. The number of hydrogen-bond donors (Lipinski definition) is 1. The molecule has 1 N–H and O–H groups in total. The average Bonchev–Trinajstić information content (AvgIpc) is 2.40. The summed E-state index contributed by atoms with van der Waals surface area (Å²) in [7, 11) is 0. The van der Waals surface area contributed by atoms with Gasteiger partial charge in [-0.3, -0.25) is 0 Å². The molecule has 0 aromatic carbocycles. The maximum absolute atomic E-state index is 9.87. The zero-order valence-corrected chi connectivity index (χ0v) is 13.6. The third kappa shape index (κ3) is 9.77. The summed E-state index contributed by atoms with van der Waals surface area (Å²) in [5, 5.41) is 9.87. The first kappa shape index (κ1) is 18.0. The van der Waals surface area contributed by atoms with E-state index in [-0.39, 0.29) is 6.10 Å². The van der Waals surface area contributed by atoms with Gasteiger partial charge in [0, 0.05) is 6.61 Å². The van der Waals surface area contributed by atoms with Crippen molar-refractivity contribution in [2.45, 2.75) is 109 Å². The van der Waals surface area contributed by atoms with Crippen molar-refractivity contribution >= 4 is 0 Å². The second-order valence-corrected chi connectivity index (χ2v) is 6.48. The molecule has 2 unspecified atom stereocenters. The number of unbranched alkanes of at least 4 members (excludes halogenated alkanes) is 8. The molecule has 2 atom stereocenters. The Labute approximate surface area is 126 Å². The summed E-state index contributed by atoms with van der Waals surface area (Å²) in [6.07, 6.45) is 18.2. The van der Waals surface area contributed by atoms with Crippen LogP contribution in [0.5, 0.6) is 0 Å². The lowest BCUT2D eigenvalue weighted by atomic mass is 10.0. The third-order valence-electron chi connectivity index (χ3n) is 4.50. The minimum absolute atomic E-state index is 0.0392. The van der Waals surface area contributed by atoms with Crippen LogP contribution in [-0.2, 0) is 4.74 Å². The largest absolute Gasteiger partial charge is 0.393 e. The number of ether oxygens (including phenoxy) is 1. The molecule has 2 nitrogen and oxygen atoms in total. The quantitative estimate of drug-likeness (QED) is 0.443. The monoisotopic (exact) mass is 284 g/mol. The zero-order valence-electron chi connectivity index (χ0n) is 13.6. The van der Waals surface area contributed by atoms with Crippen molar-refractivity contribution in [1.29, 1.82) is 0 Å². The summed E-state index contributed by atoms with van der Waals surface area (Å²) in [5.74, 6) is 0. The molecule has 120 valence electrons. The Morgan fingerprint density at radius 1 is 0.900 bits per heavy atom. The Balaban J connectivity index is 1.72. The summed E-state index contributed by atoms with van der Waals surface area (Å²) in [6, 6.07) is 0. The second-order valence-electron chi connectivity index (χ2n) is 6.48. The van der Waals surface area contributed by atoms with Crippen LogP contribution >= 0.6 is 0 Å². The normalized spacial score (nSPS) is 19.8. The van der Waals surface area contributed by atoms with Crippen LogP contribution in [0.15, 0.2) is 0 Å². The van der Waals surface area contributed by atoms with E-state index in [9.17, 15) is 5.11 Å². The first-order valence-electron chi connectivity index (χ1n) is 9.12. The molecule has 1 saturated heterocycles. The highest BCUT2D eigenvalue weighted by Crippen LogP contribution is 2.19. The standard InChI is InChI=1S/C18H36O2/c1-2-3-4-9-12-17(19)13-10-7-5-6-8-11-14-18-15-16-20-18/h17-19H,2-16H2,1H3. The van der Waals surface area contributed by atoms with E-state index in [0.717, 1.165) is 19.4 Å². The Kier molecular flexibility index (Phi) is 11.4. The minimum Gasteiger partial charge on any atom is -0.393 e. The molecule has 1 aliphatic rings. The molecule has 2 heteroatoms. The molecule has 0 amide bonds. The van der Waals surface area contributed by atoms with Crippen LogP contribution < -0.4 is 0 Å². The van der Waals surface area contributed by atoms with Gasteiger partial charge in [-0.1, -0.05) is 71.1 Å². The fraction of sp³-hybridized carbons (Fsp3) is 1.00. The SMILES string of the molecule is CCCCCCC(O)CCCCCCCCC1CCO1. The molecule has 1 fully saturated rings. The summed E-state index contributed by atoms with van der Waals surface area (Å²) in [6.45, 7) is 3.22. The van der Waals surface area contributed by atoms with Crippen LogP contribution in [0.2, 0.25) is 0 Å². The van der Waals surface area contributed by atoms with E-state index in [1.807, 2.05) is 0 Å². The maximum Gasteiger partial charge on any atom is 0.0597 e. The number of hydrogen-bond acceptors (Lipinski definition) is 2. The summed E-state index contributed by atoms with van der Waals surface area (Å²) in [5.41, 5.74) is 0. The van der Waals surface area contributed by atoms with Gasteiger partial charge in [0.2, 0.25) is 0 Å². The maximum atomic E-state index is 9.87. The van der Waals surface area contributed by atoms with E-state index >= 15 is 0 Å². The lowest BCUT2D eigenvalue weighted by Crippen LogP contribution is -2.26. The molecular formula is C18H36O2. The molecule has 0 spiro atoms. The first-order valence-corrected chi connectivity index (χ1v) is 9.12. The molecule has 0 aromatic rings. The van der Waals surface area contributed by atoms with E-state index in [0.29, 0.717) is 6.10 Å². The highest BCUT2D eigenvalue weighted by Gasteiger charge is 2.16. The van der Waals surface area contributed by atoms with Crippen LogP contribution in [0.3, 0.4) is 0 Å². The Morgan fingerprint density at radius 3 is 2.00 bits per heavy atom. The Hall–Kier alpha value is -0.0800. The molecule has 0 bridgehead atoms. The van der Waals surface area contributed by atoms with Crippen LogP contribution in [0.25, 0.3) is 0 Å². The van der Waals surface area contributed by atoms with Gasteiger partial charge in [0.25, 0.3) is 0 Å². The lowest BCUT2D eigenvalue weighted by Gasteiger charge is -2.26. The van der Waals surface area contributed by atoms with Crippen LogP contribution in [0.1, 0.15) is 96.8 Å². The van der Waals surface area contributed by atoms with Gasteiger partial charge in [-0.25, -0.2) is 0 Å². The van der Waals surface area contributed by atoms with Gasteiger partial charge in [0.15, 0.2) is 0 Å². The molecule has 1 aliphatic heterocycles. The van der Waals surface area contributed by atoms with Crippen molar-refractivity contribution in [1.82, 2.24) is 0 Å². The van der Waals surface area contributed by atoms with Gasteiger partial charge >= 0.3 is 0 Å². The van der Waals surface area contributed by atoms with E-state index in [4.69, 9.17) is 4.74 Å². The smallest absolute Gasteiger partial charge is 0.0597 e. The highest BCUT2D eigenvalue weighted by molar-refractivity contribution is 4.66. The molecule has 0 radical (unpaired) electrons. The predicted molar refractivity (Wildman–Crippen MR) is 86.1 cm³/mol. The lowest BCUT2D eigenvalue weighted by molar-refractivity contribution is -0.0556. The topological polar surface area (TPSA) is 29.5 Å². The van der Waals surface area contributed by atoms with Gasteiger partial charge < -0.3 is 9.84 Å². The molecular weight excluding hydrogens is 248 g/mol. The first-order chi connectivity index (χ1) is 9.83. The molecule has 1 rings (SSSR count). The average molecular weight is 284 g/mol. The number of aliphatic hydroxyl groups excluding tert-OH is 1.